The number of benzene rings is 1. The molecule has 62 valence electrons. The zero-order valence-corrected chi connectivity index (χ0v) is 6.60. The van der Waals surface area contributed by atoms with E-state index in [1.54, 1.807) is 0 Å². The second-order valence-electron chi connectivity index (χ2n) is 1.95. The van der Waals surface area contributed by atoms with Gasteiger partial charge >= 0.3 is 0 Å². The van der Waals surface area contributed by atoms with E-state index in [0.717, 1.165) is 0 Å². The van der Waals surface area contributed by atoms with Crippen LogP contribution >= 0.6 is 11.8 Å². The van der Waals surface area contributed by atoms with Gasteiger partial charge in [-0.15, -0.1) is 5.11 Å². The highest BCUT2D eigenvalue weighted by atomic mass is 35.5. The lowest BCUT2D eigenvalue weighted by Crippen LogP contribution is -1.85. The fourth-order valence-corrected chi connectivity index (χ4v) is 0.772. The molecule has 0 aliphatic carbocycles. The maximum atomic E-state index is 10.2. The van der Waals surface area contributed by atoms with E-state index in [1.807, 2.05) is 0 Å². The largest absolute Gasteiger partial charge is 0.269 e. The smallest absolute Gasteiger partial charge is 0.258 e. The van der Waals surface area contributed by atoms with Crippen LogP contribution < -0.4 is 0 Å². The van der Waals surface area contributed by atoms with Gasteiger partial charge in [0.15, 0.2) is 0 Å². The van der Waals surface area contributed by atoms with E-state index in [9.17, 15) is 10.1 Å². The molecule has 0 aromatic heterocycles. The van der Waals surface area contributed by atoms with E-state index < -0.39 is 4.92 Å². The van der Waals surface area contributed by atoms with Gasteiger partial charge in [0, 0.05) is 12.1 Å². The van der Waals surface area contributed by atoms with Crippen molar-refractivity contribution < 1.29 is 4.92 Å². The summed E-state index contributed by atoms with van der Waals surface area (Å²) >= 11 is 4.96. The van der Waals surface area contributed by atoms with E-state index in [1.165, 1.54) is 24.3 Å². The first kappa shape index (κ1) is 8.61. The zero-order chi connectivity index (χ0) is 8.97. The van der Waals surface area contributed by atoms with Crippen molar-refractivity contribution in [3.63, 3.8) is 0 Å². The number of hydrogen-bond acceptors (Lipinski definition) is 4. The molecule has 1 rings (SSSR count). The van der Waals surface area contributed by atoms with Gasteiger partial charge in [-0.3, -0.25) is 10.1 Å². The maximum absolute atomic E-state index is 10.2. The average molecular weight is 186 g/mol. The number of hydrogen-bond donors (Lipinski definition) is 0. The second-order valence-corrected chi connectivity index (χ2v) is 2.10. The highest BCUT2D eigenvalue weighted by Gasteiger charge is 2.02. The number of halogens is 1. The minimum absolute atomic E-state index is 0.0172. The van der Waals surface area contributed by atoms with E-state index >= 15 is 0 Å². The van der Waals surface area contributed by atoms with E-state index in [0.29, 0.717) is 5.69 Å². The summed E-state index contributed by atoms with van der Waals surface area (Å²) in [6, 6.07) is 5.59. The van der Waals surface area contributed by atoms with Crippen LogP contribution in [0.2, 0.25) is 0 Å². The molecule has 5 nitrogen and oxygen atoms in total. The van der Waals surface area contributed by atoms with E-state index in [4.69, 9.17) is 11.8 Å². The summed E-state index contributed by atoms with van der Waals surface area (Å²) in [5.41, 5.74) is 0.499. The lowest BCUT2D eigenvalue weighted by atomic mass is 10.3. The molecule has 0 unspecified atom stereocenters. The number of rotatable bonds is 2. The summed E-state index contributed by atoms with van der Waals surface area (Å²) in [6.07, 6.45) is 0. The minimum Gasteiger partial charge on any atom is -0.258 e. The highest BCUT2D eigenvalue weighted by molar-refractivity contribution is 6.14. The number of nitrogens with zero attached hydrogens (tertiary/aromatic N) is 3. The molecule has 0 saturated heterocycles. The zero-order valence-electron chi connectivity index (χ0n) is 5.85. The van der Waals surface area contributed by atoms with Crippen LogP contribution in [0.1, 0.15) is 0 Å². The van der Waals surface area contributed by atoms with Crippen molar-refractivity contribution in [3.05, 3.63) is 34.4 Å². The number of nitro groups is 1. The summed E-state index contributed by atoms with van der Waals surface area (Å²) in [6.45, 7) is 0. The summed E-state index contributed by atoms with van der Waals surface area (Å²) in [7, 11) is 0. The molecular formula is C6H4ClN3O2. The second kappa shape index (κ2) is 3.77. The van der Waals surface area contributed by atoms with Gasteiger partial charge in [-0.1, -0.05) is 4.63 Å². The molecular weight excluding hydrogens is 182 g/mol. The third-order valence-electron chi connectivity index (χ3n) is 1.21. The van der Waals surface area contributed by atoms with Crippen molar-refractivity contribution >= 4 is 23.2 Å². The van der Waals surface area contributed by atoms with Crippen LogP contribution in [0.25, 0.3) is 0 Å². The Morgan fingerprint density at radius 2 is 1.92 bits per heavy atom. The standard InChI is InChI=1S/C6H4ClN3O2/c7-9-8-5-1-3-6(4-2-5)10(11)12/h1-4H. The van der Waals surface area contributed by atoms with Crippen LogP contribution in [-0.2, 0) is 0 Å². The van der Waals surface area contributed by atoms with Crippen molar-refractivity contribution in [2.24, 2.45) is 9.75 Å². The molecule has 0 radical (unpaired) electrons. The van der Waals surface area contributed by atoms with E-state index in [-0.39, 0.29) is 5.69 Å². The molecule has 0 saturated carbocycles. The first-order chi connectivity index (χ1) is 5.74. The SMILES string of the molecule is O=[N+]([O-])c1ccc(N=NCl)cc1. The van der Waals surface area contributed by atoms with Crippen molar-refractivity contribution in [2.45, 2.75) is 0 Å². The van der Waals surface area contributed by atoms with Crippen LogP contribution in [0.5, 0.6) is 0 Å². The molecule has 0 heterocycles. The first-order valence-corrected chi connectivity index (χ1v) is 3.34. The summed E-state index contributed by atoms with van der Waals surface area (Å²) in [4.78, 5) is 9.71. The highest BCUT2D eigenvalue weighted by Crippen LogP contribution is 2.18. The van der Waals surface area contributed by atoms with Crippen LogP contribution in [0.4, 0.5) is 11.4 Å². The molecule has 6 heteroatoms. The molecule has 0 amide bonds. The van der Waals surface area contributed by atoms with Gasteiger partial charge in [-0.05, 0) is 12.1 Å². The lowest BCUT2D eigenvalue weighted by Gasteiger charge is -1.90. The van der Waals surface area contributed by atoms with Crippen LogP contribution in [0.3, 0.4) is 0 Å². The quantitative estimate of drug-likeness (QED) is 0.404. The van der Waals surface area contributed by atoms with Gasteiger partial charge in [0.2, 0.25) is 0 Å². The van der Waals surface area contributed by atoms with Crippen LogP contribution in [-0.4, -0.2) is 4.92 Å². The Kier molecular flexibility index (Phi) is 2.71. The number of nitro benzene ring substituents is 1. The fourth-order valence-electron chi connectivity index (χ4n) is 0.685. The van der Waals surface area contributed by atoms with Gasteiger partial charge in [0.05, 0.1) is 22.4 Å². The predicted octanol–water partition coefficient (Wildman–Crippen LogP) is 2.83. The normalized spacial score (nSPS) is 10.4. The Bertz CT molecular complexity index is 309. The molecule has 0 aliphatic rings. The Balaban J connectivity index is 2.93. The maximum Gasteiger partial charge on any atom is 0.269 e. The Hall–Kier alpha value is -1.49. The molecule has 1 aromatic rings. The molecule has 0 bridgehead atoms. The number of non-ortho nitro benzene ring substituents is 1. The minimum atomic E-state index is -0.485. The third-order valence-corrected chi connectivity index (χ3v) is 1.29. The molecule has 1 aromatic carbocycles. The van der Waals surface area contributed by atoms with Gasteiger partial charge < -0.3 is 0 Å². The molecule has 0 fully saturated rings. The van der Waals surface area contributed by atoms with Gasteiger partial charge in [-0.2, -0.15) is 0 Å². The fraction of sp³-hybridized carbons (Fsp3) is 0. The van der Waals surface area contributed by atoms with Crippen LogP contribution in [0, 0.1) is 10.1 Å². The van der Waals surface area contributed by atoms with E-state index in [2.05, 4.69) is 9.75 Å². The molecule has 12 heavy (non-hydrogen) atoms. The van der Waals surface area contributed by atoms with Crippen molar-refractivity contribution in [2.75, 3.05) is 0 Å². The Morgan fingerprint density at radius 1 is 1.33 bits per heavy atom. The van der Waals surface area contributed by atoms with Gasteiger partial charge in [0.1, 0.15) is 0 Å². The topological polar surface area (TPSA) is 67.9 Å². The van der Waals surface area contributed by atoms with Gasteiger partial charge in [0.25, 0.3) is 5.69 Å². The Labute approximate surface area is 72.9 Å². The summed E-state index contributed by atoms with van der Waals surface area (Å²) in [5, 5.41) is 13.7. The summed E-state index contributed by atoms with van der Waals surface area (Å²) in [5.74, 6) is 0. The van der Waals surface area contributed by atoms with Crippen LogP contribution in [0.15, 0.2) is 34.0 Å². The average Bonchev–Trinajstić information content (AvgIpc) is 2.06. The molecule has 0 atom stereocenters. The molecule has 0 N–H and O–H groups in total. The first-order valence-electron chi connectivity index (χ1n) is 3.00. The lowest BCUT2D eigenvalue weighted by molar-refractivity contribution is -0.384. The van der Waals surface area contributed by atoms with Crippen molar-refractivity contribution in [1.29, 1.82) is 0 Å². The summed E-state index contributed by atoms with van der Waals surface area (Å²) < 4.78 is 3.01. The predicted molar refractivity (Wildman–Crippen MR) is 43.5 cm³/mol. The van der Waals surface area contributed by atoms with Crippen molar-refractivity contribution in [1.82, 2.24) is 0 Å². The monoisotopic (exact) mass is 185 g/mol. The van der Waals surface area contributed by atoms with Gasteiger partial charge in [-0.25, -0.2) is 0 Å². The molecule has 0 spiro atoms. The third kappa shape index (κ3) is 2.00. The van der Waals surface area contributed by atoms with Crippen molar-refractivity contribution in [3.8, 4) is 0 Å². The Morgan fingerprint density at radius 3 is 2.33 bits per heavy atom. The molecule has 0 aliphatic heterocycles.